The highest BCUT2D eigenvalue weighted by molar-refractivity contribution is 5.95. The molecule has 0 aliphatic rings. The second-order valence-corrected chi connectivity index (χ2v) is 5.23. The number of ketones is 1. The molecule has 6 nitrogen and oxygen atoms in total. The molecule has 0 spiro atoms. The Bertz CT molecular complexity index is 754. The number of Topliss-reactive ketones (excluding diaryl/α,β-unsaturated/α-hetero) is 1. The zero-order valence-electron chi connectivity index (χ0n) is 13.8. The average molecular weight is 330 g/mol. The molecule has 0 aliphatic carbocycles. The van der Waals surface area contributed by atoms with Gasteiger partial charge in [-0.1, -0.05) is 0 Å². The molecular weight excluding hydrogens is 312 g/mol. The molecule has 0 saturated heterocycles. The van der Waals surface area contributed by atoms with Gasteiger partial charge in [-0.25, -0.2) is 4.79 Å². The minimum Gasteiger partial charge on any atom is -0.466 e. The van der Waals surface area contributed by atoms with E-state index in [2.05, 4.69) is 4.74 Å². The molecule has 0 aliphatic heterocycles. The van der Waals surface area contributed by atoms with Crippen LogP contribution in [0.2, 0.25) is 0 Å². The van der Waals surface area contributed by atoms with Crippen molar-refractivity contribution in [3.63, 3.8) is 0 Å². The molecule has 0 atom stereocenters. The van der Waals surface area contributed by atoms with Gasteiger partial charge < -0.3 is 13.9 Å². The van der Waals surface area contributed by atoms with Crippen LogP contribution in [-0.4, -0.2) is 24.8 Å². The SMILES string of the molecule is COC(=O)c1ccc(OC(=O)CCc2cc(C(C)=O)c(C)o2)cc1. The van der Waals surface area contributed by atoms with E-state index in [1.807, 2.05) is 0 Å². The highest BCUT2D eigenvalue weighted by Gasteiger charge is 2.13. The summed E-state index contributed by atoms with van der Waals surface area (Å²) in [5.41, 5.74) is 0.900. The van der Waals surface area contributed by atoms with Crippen molar-refractivity contribution in [3.05, 3.63) is 53.0 Å². The summed E-state index contributed by atoms with van der Waals surface area (Å²) in [7, 11) is 1.30. The Labute approximate surface area is 139 Å². The Balaban J connectivity index is 1.90. The third-order valence-corrected chi connectivity index (χ3v) is 3.43. The summed E-state index contributed by atoms with van der Waals surface area (Å²) in [4.78, 5) is 34.6. The average Bonchev–Trinajstić information content (AvgIpc) is 2.94. The maximum Gasteiger partial charge on any atom is 0.337 e. The first-order valence-electron chi connectivity index (χ1n) is 7.40. The normalized spacial score (nSPS) is 10.3. The van der Waals surface area contributed by atoms with Gasteiger partial charge in [0.1, 0.15) is 17.3 Å². The van der Waals surface area contributed by atoms with Crippen LogP contribution in [0.15, 0.2) is 34.7 Å². The summed E-state index contributed by atoms with van der Waals surface area (Å²) in [5.74, 6) is 0.491. The first-order chi connectivity index (χ1) is 11.4. The molecule has 2 aromatic rings. The quantitative estimate of drug-likeness (QED) is 0.460. The predicted octanol–water partition coefficient (Wildman–Crippen LogP) is 3.12. The molecule has 0 unspecified atom stereocenters. The lowest BCUT2D eigenvalue weighted by atomic mass is 10.1. The van der Waals surface area contributed by atoms with Crippen molar-refractivity contribution in [1.29, 1.82) is 0 Å². The van der Waals surface area contributed by atoms with Gasteiger partial charge in [0.2, 0.25) is 0 Å². The Morgan fingerprint density at radius 3 is 2.33 bits per heavy atom. The summed E-state index contributed by atoms with van der Waals surface area (Å²) in [6.45, 7) is 3.18. The number of hydrogen-bond acceptors (Lipinski definition) is 6. The molecule has 0 N–H and O–H groups in total. The highest BCUT2D eigenvalue weighted by Crippen LogP contribution is 2.18. The molecular formula is C18H18O6. The lowest BCUT2D eigenvalue weighted by molar-refractivity contribution is -0.134. The molecule has 6 heteroatoms. The third-order valence-electron chi connectivity index (χ3n) is 3.43. The van der Waals surface area contributed by atoms with Crippen LogP contribution < -0.4 is 4.74 Å². The molecule has 0 saturated carbocycles. The van der Waals surface area contributed by atoms with E-state index in [1.54, 1.807) is 13.0 Å². The van der Waals surface area contributed by atoms with Gasteiger partial charge in [0, 0.05) is 6.42 Å². The number of rotatable bonds is 6. The predicted molar refractivity (Wildman–Crippen MR) is 85.2 cm³/mol. The number of furan rings is 1. The van der Waals surface area contributed by atoms with Gasteiger partial charge in [-0.3, -0.25) is 9.59 Å². The van der Waals surface area contributed by atoms with Crippen molar-refractivity contribution in [2.24, 2.45) is 0 Å². The molecule has 1 aromatic carbocycles. The highest BCUT2D eigenvalue weighted by atomic mass is 16.5. The fraction of sp³-hybridized carbons (Fsp3) is 0.278. The monoisotopic (exact) mass is 330 g/mol. The van der Waals surface area contributed by atoms with E-state index in [-0.39, 0.29) is 12.2 Å². The fourth-order valence-electron chi connectivity index (χ4n) is 2.20. The minimum atomic E-state index is -0.456. The third kappa shape index (κ3) is 4.32. The van der Waals surface area contributed by atoms with E-state index in [4.69, 9.17) is 9.15 Å². The summed E-state index contributed by atoms with van der Waals surface area (Å²) in [6, 6.07) is 7.73. The van der Waals surface area contributed by atoms with E-state index in [1.165, 1.54) is 38.3 Å². The lowest BCUT2D eigenvalue weighted by Gasteiger charge is -2.04. The molecule has 0 fully saturated rings. The van der Waals surface area contributed by atoms with E-state index < -0.39 is 11.9 Å². The van der Waals surface area contributed by atoms with Gasteiger partial charge >= 0.3 is 11.9 Å². The second kappa shape index (κ2) is 7.59. The Kier molecular flexibility index (Phi) is 5.52. The summed E-state index contributed by atoms with van der Waals surface area (Å²) >= 11 is 0. The van der Waals surface area contributed by atoms with E-state index in [9.17, 15) is 14.4 Å². The maximum absolute atomic E-state index is 11.9. The van der Waals surface area contributed by atoms with Crippen LogP contribution in [0.5, 0.6) is 5.75 Å². The first kappa shape index (κ1) is 17.5. The summed E-state index contributed by atoms with van der Waals surface area (Å²) in [5, 5.41) is 0. The Morgan fingerprint density at radius 2 is 1.79 bits per heavy atom. The van der Waals surface area contributed by atoms with Gasteiger partial charge in [0.25, 0.3) is 0 Å². The van der Waals surface area contributed by atoms with Gasteiger partial charge in [-0.15, -0.1) is 0 Å². The van der Waals surface area contributed by atoms with Crippen molar-refractivity contribution in [1.82, 2.24) is 0 Å². The number of esters is 2. The standard InChI is InChI=1S/C18H18O6/c1-11(19)16-10-15(23-12(16)2)8-9-17(20)24-14-6-4-13(5-7-14)18(21)22-3/h4-7,10H,8-9H2,1-3H3. The minimum absolute atomic E-state index is 0.0734. The zero-order chi connectivity index (χ0) is 17.7. The number of aryl methyl sites for hydroxylation is 2. The van der Waals surface area contributed by atoms with Crippen LogP contribution >= 0.6 is 0 Å². The molecule has 0 amide bonds. The van der Waals surface area contributed by atoms with Crippen LogP contribution in [-0.2, 0) is 16.0 Å². The summed E-state index contributed by atoms with van der Waals surface area (Å²) in [6.07, 6.45) is 0.455. The number of methoxy groups -OCH3 is 1. The Hall–Kier alpha value is -2.89. The zero-order valence-corrected chi connectivity index (χ0v) is 13.8. The number of carbonyl (C=O) groups is 3. The molecule has 2 rings (SSSR count). The Morgan fingerprint density at radius 1 is 1.12 bits per heavy atom. The van der Waals surface area contributed by atoms with Crippen LogP contribution in [0.4, 0.5) is 0 Å². The molecule has 24 heavy (non-hydrogen) atoms. The lowest BCUT2D eigenvalue weighted by Crippen LogP contribution is -2.09. The van der Waals surface area contributed by atoms with Gasteiger partial charge in [0.15, 0.2) is 5.78 Å². The molecule has 126 valence electrons. The first-order valence-corrected chi connectivity index (χ1v) is 7.40. The van der Waals surface area contributed by atoms with E-state index >= 15 is 0 Å². The van der Waals surface area contributed by atoms with Crippen molar-refractivity contribution >= 4 is 17.7 Å². The van der Waals surface area contributed by atoms with Crippen molar-refractivity contribution < 1.29 is 28.3 Å². The van der Waals surface area contributed by atoms with Crippen LogP contribution in [0.3, 0.4) is 0 Å². The molecule has 0 radical (unpaired) electrons. The van der Waals surface area contributed by atoms with Crippen molar-refractivity contribution in [3.8, 4) is 5.75 Å². The van der Waals surface area contributed by atoms with Crippen molar-refractivity contribution in [2.45, 2.75) is 26.7 Å². The topological polar surface area (TPSA) is 82.8 Å². The molecule has 1 heterocycles. The van der Waals surface area contributed by atoms with E-state index in [0.717, 1.165) is 0 Å². The van der Waals surface area contributed by atoms with Crippen LogP contribution in [0.25, 0.3) is 0 Å². The van der Waals surface area contributed by atoms with E-state index in [0.29, 0.717) is 34.8 Å². The smallest absolute Gasteiger partial charge is 0.337 e. The van der Waals surface area contributed by atoms with Gasteiger partial charge in [-0.2, -0.15) is 0 Å². The van der Waals surface area contributed by atoms with Crippen LogP contribution in [0, 0.1) is 6.92 Å². The van der Waals surface area contributed by atoms with Crippen LogP contribution in [0.1, 0.15) is 45.6 Å². The van der Waals surface area contributed by atoms with Gasteiger partial charge in [-0.05, 0) is 44.2 Å². The molecule has 0 bridgehead atoms. The number of hydrogen-bond donors (Lipinski definition) is 0. The number of carbonyl (C=O) groups excluding carboxylic acids is 3. The molecule has 1 aromatic heterocycles. The number of benzene rings is 1. The van der Waals surface area contributed by atoms with Gasteiger partial charge in [0.05, 0.1) is 24.7 Å². The summed E-state index contributed by atoms with van der Waals surface area (Å²) < 4.78 is 15.2. The fourth-order valence-corrected chi connectivity index (χ4v) is 2.20. The van der Waals surface area contributed by atoms with Crippen molar-refractivity contribution in [2.75, 3.05) is 7.11 Å². The number of ether oxygens (including phenoxy) is 2. The maximum atomic E-state index is 11.9. The second-order valence-electron chi connectivity index (χ2n) is 5.23. The largest absolute Gasteiger partial charge is 0.466 e.